The first-order valence-corrected chi connectivity index (χ1v) is 6.60. The number of hydrogen-bond acceptors (Lipinski definition) is 4. The highest BCUT2D eigenvalue weighted by Crippen LogP contribution is 2.16. The van der Waals surface area contributed by atoms with E-state index in [2.05, 4.69) is 17.1 Å². The second-order valence-corrected chi connectivity index (χ2v) is 4.37. The molecule has 1 aromatic carbocycles. The van der Waals surface area contributed by atoms with Crippen molar-refractivity contribution in [3.05, 3.63) is 36.4 Å². The lowest BCUT2D eigenvalue weighted by molar-refractivity contribution is 0.0434. The Balaban J connectivity index is 0.00000200. The summed E-state index contributed by atoms with van der Waals surface area (Å²) in [4.78, 5) is 2.37. The summed E-state index contributed by atoms with van der Waals surface area (Å²) in [6, 6.07) is 7.61. The lowest BCUT2D eigenvalue weighted by Crippen LogP contribution is -2.36. The van der Waals surface area contributed by atoms with Crippen molar-refractivity contribution in [2.75, 3.05) is 46.6 Å². The summed E-state index contributed by atoms with van der Waals surface area (Å²) in [5, 5.41) is 0. The Morgan fingerprint density at radius 1 is 1.10 bits per heavy atom. The van der Waals surface area contributed by atoms with E-state index in [1.165, 1.54) is 0 Å². The van der Waals surface area contributed by atoms with Crippen LogP contribution in [0.4, 0.5) is 0 Å². The Morgan fingerprint density at radius 2 is 1.75 bits per heavy atom. The normalized spacial score (nSPS) is 15.8. The molecule has 112 valence electrons. The fraction of sp³-hybridized carbons (Fsp3) is 0.467. The summed E-state index contributed by atoms with van der Waals surface area (Å²) in [6.45, 7) is 5.28. The van der Waals surface area contributed by atoms with Crippen molar-refractivity contribution in [3.63, 3.8) is 0 Å². The van der Waals surface area contributed by atoms with E-state index in [9.17, 15) is 0 Å². The van der Waals surface area contributed by atoms with Crippen molar-refractivity contribution >= 4 is 12.4 Å². The zero-order chi connectivity index (χ0) is 13.3. The summed E-state index contributed by atoms with van der Waals surface area (Å²) in [6.07, 6.45) is 4.20. The van der Waals surface area contributed by atoms with E-state index in [1.807, 2.05) is 24.3 Å². The highest BCUT2D eigenvalue weighted by Gasteiger charge is 2.07. The molecule has 20 heavy (non-hydrogen) atoms. The third-order valence-electron chi connectivity index (χ3n) is 3.04. The molecule has 0 saturated carbocycles. The monoisotopic (exact) mass is 299 g/mol. The fourth-order valence-electron chi connectivity index (χ4n) is 1.89. The zero-order valence-corrected chi connectivity index (χ0v) is 12.6. The molecule has 2 rings (SSSR count). The van der Waals surface area contributed by atoms with Crippen LogP contribution in [-0.2, 0) is 4.74 Å². The molecule has 0 N–H and O–H groups in total. The quantitative estimate of drug-likeness (QED) is 0.755. The molecule has 0 unspecified atom stereocenters. The number of halogens is 1. The van der Waals surface area contributed by atoms with Gasteiger partial charge in [-0.1, -0.05) is 12.2 Å². The number of nitrogens with zero attached hydrogens (tertiary/aromatic N) is 1. The third kappa shape index (κ3) is 5.82. The van der Waals surface area contributed by atoms with Gasteiger partial charge < -0.3 is 14.2 Å². The largest absolute Gasteiger partial charge is 0.497 e. The number of morpholine rings is 1. The van der Waals surface area contributed by atoms with Gasteiger partial charge in [-0.2, -0.15) is 0 Å². The predicted molar refractivity (Wildman–Crippen MR) is 82.1 cm³/mol. The molecule has 5 heteroatoms. The minimum atomic E-state index is 0. The predicted octanol–water partition coefficient (Wildman–Crippen LogP) is 2.38. The maximum Gasteiger partial charge on any atom is 0.120 e. The van der Waals surface area contributed by atoms with Crippen LogP contribution in [-0.4, -0.2) is 51.5 Å². The van der Waals surface area contributed by atoms with E-state index in [4.69, 9.17) is 14.2 Å². The minimum Gasteiger partial charge on any atom is -0.497 e. The van der Waals surface area contributed by atoms with Gasteiger partial charge in [-0.3, -0.25) is 4.90 Å². The van der Waals surface area contributed by atoms with E-state index in [0.29, 0.717) is 6.61 Å². The molecular formula is C15H22ClNO3. The summed E-state index contributed by atoms with van der Waals surface area (Å²) in [7, 11) is 1.66. The number of ether oxygens (including phenoxy) is 3. The van der Waals surface area contributed by atoms with Crippen LogP contribution < -0.4 is 9.47 Å². The first-order valence-electron chi connectivity index (χ1n) is 6.60. The standard InChI is InChI=1S/C15H21NO3.ClH/c1-17-14-4-6-15(7-5-14)19-11-3-2-8-16-9-12-18-13-10-16;/h2-7H,8-13H2,1H3;1H/b3-2+;. The van der Waals surface area contributed by atoms with Gasteiger partial charge in [-0.15, -0.1) is 12.4 Å². The molecule has 0 atom stereocenters. The maximum atomic E-state index is 5.61. The van der Waals surface area contributed by atoms with Crippen LogP contribution in [0.3, 0.4) is 0 Å². The van der Waals surface area contributed by atoms with Crippen molar-refractivity contribution in [1.29, 1.82) is 0 Å². The summed E-state index contributed by atoms with van der Waals surface area (Å²) in [5.41, 5.74) is 0. The minimum absolute atomic E-state index is 0. The molecule has 0 aromatic heterocycles. The van der Waals surface area contributed by atoms with Gasteiger partial charge in [0.15, 0.2) is 0 Å². The average Bonchev–Trinajstić information content (AvgIpc) is 2.49. The first-order chi connectivity index (χ1) is 9.38. The molecule has 0 spiro atoms. The average molecular weight is 300 g/mol. The number of benzene rings is 1. The van der Waals surface area contributed by atoms with Crippen LogP contribution in [0.2, 0.25) is 0 Å². The lowest BCUT2D eigenvalue weighted by atomic mass is 10.3. The molecule has 0 aliphatic carbocycles. The van der Waals surface area contributed by atoms with Crippen LogP contribution in [0.5, 0.6) is 11.5 Å². The van der Waals surface area contributed by atoms with Gasteiger partial charge in [-0.25, -0.2) is 0 Å². The molecule has 1 saturated heterocycles. The second kappa shape index (κ2) is 9.64. The van der Waals surface area contributed by atoms with E-state index < -0.39 is 0 Å². The number of rotatable bonds is 6. The van der Waals surface area contributed by atoms with E-state index >= 15 is 0 Å². The molecule has 0 amide bonds. The highest BCUT2D eigenvalue weighted by atomic mass is 35.5. The zero-order valence-electron chi connectivity index (χ0n) is 11.8. The Labute approximate surface area is 126 Å². The molecule has 0 bridgehead atoms. The van der Waals surface area contributed by atoms with Crippen LogP contribution in [0.1, 0.15) is 0 Å². The Hall–Kier alpha value is -1.23. The van der Waals surface area contributed by atoms with E-state index in [1.54, 1.807) is 7.11 Å². The molecule has 1 fully saturated rings. The Morgan fingerprint density at radius 3 is 2.40 bits per heavy atom. The van der Waals surface area contributed by atoms with Gasteiger partial charge in [-0.05, 0) is 24.3 Å². The Bertz CT molecular complexity index is 389. The van der Waals surface area contributed by atoms with Crippen molar-refractivity contribution in [2.45, 2.75) is 0 Å². The highest BCUT2D eigenvalue weighted by molar-refractivity contribution is 5.85. The fourth-order valence-corrected chi connectivity index (χ4v) is 1.89. The first kappa shape index (κ1) is 16.8. The van der Waals surface area contributed by atoms with Crippen LogP contribution in [0.15, 0.2) is 36.4 Å². The van der Waals surface area contributed by atoms with E-state index in [0.717, 1.165) is 44.3 Å². The molecule has 0 radical (unpaired) electrons. The number of hydrogen-bond donors (Lipinski definition) is 0. The van der Waals surface area contributed by atoms with Crippen molar-refractivity contribution in [2.24, 2.45) is 0 Å². The summed E-state index contributed by atoms with van der Waals surface area (Å²) in [5.74, 6) is 1.70. The molecule has 4 nitrogen and oxygen atoms in total. The van der Waals surface area contributed by atoms with Gasteiger partial charge >= 0.3 is 0 Å². The van der Waals surface area contributed by atoms with Gasteiger partial charge in [0, 0.05) is 19.6 Å². The van der Waals surface area contributed by atoms with Crippen LogP contribution in [0.25, 0.3) is 0 Å². The molecular weight excluding hydrogens is 278 g/mol. The molecule has 1 heterocycles. The smallest absolute Gasteiger partial charge is 0.120 e. The van der Waals surface area contributed by atoms with E-state index in [-0.39, 0.29) is 12.4 Å². The van der Waals surface area contributed by atoms with Gasteiger partial charge in [0.25, 0.3) is 0 Å². The van der Waals surface area contributed by atoms with Crippen LogP contribution >= 0.6 is 12.4 Å². The van der Waals surface area contributed by atoms with Crippen molar-refractivity contribution < 1.29 is 14.2 Å². The SMILES string of the molecule is COc1ccc(OC/C=C/CN2CCOCC2)cc1.Cl. The lowest BCUT2D eigenvalue weighted by Gasteiger charge is -2.25. The number of methoxy groups -OCH3 is 1. The van der Waals surface area contributed by atoms with Crippen molar-refractivity contribution in [1.82, 2.24) is 4.90 Å². The molecule has 1 aromatic rings. The molecule has 1 aliphatic rings. The van der Waals surface area contributed by atoms with Gasteiger partial charge in [0.1, 0.15) is 18.1 Å². The summed E-state index contributed by atoms with van der Waals surface area (Å²) < 4.78 is 16.0. The topological polar surface area (TPSA) is 30.9 Å². The van der Waals surface area contributed by atoms with Gasteiger partial charge in [0.2, 0.25) is 0 Å². The van der Waals surface area contributed by atoms with Gasteiger partial charge in [0.05, 0.1) is 20.3 Å². The molecule has 1 aliphatic heterocycles. The maximum absolute atomic E-state index is 5.61. The van der Waals surface area contributed by atoms with Crippen molar-refractivity contribution in [3.8, 4) is 11.5 Å². The summed E-state index contributed by atoms with van der Waals surface area (Å²) >= 11 is 0. The third-order valence-corrected chi connectivity index (χ3v) is 3.04. The van der Waals surface area contributed by atoms with Crippen LogP contribution in [0, 0.1) is 0 Å². The second-order valence-electron chi connectivity index (χ2n) is 4.37. The Kier molecular flexibility index (Phi) is 8.11.